The van der Waals surface area contributed by atoms with Gasteiger partial charge in [0.1, 0.15) is 4.88 Å². The summed E-state index contributed by atoms with van der Waals surface area (Å²) < 4.78 is 5.33. The summed E-state index contributed by atoms with van der Waals surface area (Å²) in [5.74, 6) is -1.57. The lowest BCUT2D eigenvalue weighted by Gasteiger charge is -2.25. The lowest BCUT2D eigenvalue weighted by molar-refractivity contribution is -0.254. The number of hydrazone groups is 1. The molecule has 1 N–H and O–H groups in total. The number of hydrogen-bond acceptors (Lipinski definition) is 9. The van der Waals surface area contributed by atoms with Crippen LogP contribution in [0.25, 0.3) is 0 Å². The second kappa shape index (κ2) is 7.94. The Labute approximate surface area is 158 Å². The van der Waals surface area contributed by atoms with Gasteiger partial charge in [0.2, 0.25) is 0 Å². The predicted octanol–water partition coefficient (Wildman–Crippen LogP) is 0.867. The first-order valence-corrected chi connectivity index (χ1v) is 9.55. The van der Waals surface area contributed by atoms with E-state index in [0.717, 1.165) is 29.6 Å². The van der Waals surface area contributed by atoms with Crippen molar-refractivity contribution in [2.24, 2.45) is 5.10 Å². The summed E-state index contributed by atoms with van der Waals surface area (Å²) in [4.78, 5) is 31.1. The Balaban J connectivity index is 1.69. The number of thiazole rings is 1. The van der Waals surface area contributed by atoms with E-state index >= 15 is 0 Å². The zero-order valence-corrected chi connectivity index (χ0v) is 15.9. The Kier molecular flexibility index (Phi) is 5.64. The molecule has 8 nitrogen and oxygen atoms in total. The molecular formula is C16H17N4O4S2-. The molecular weight excluding hydrogens is 376 g/mol. The average Bonchev–Trinajstić information content (AvgIpc) is 3.27. The smallest absolute Gasteiger partial charge is 0.283 e. The van der Waals surface area contributed by atoms with Crippen LogP contribution >= 0.6 is 22.7 Å². The zero-order chi connectivity index (χ0) is 18.7. The molecule has 1 aliphatic rings. The van der Waals surface area contributed by atoms with Gasteiger partial charge in [-0.25, -0.2) is 10.4 Å². The van der Waals surface area contributed by atoms with Gasteiger partial charge in [0, 0.05) is 13.1 Å². The van der Waals surface area contributed by atoms with Crippen molar-refractivity contribution in [2.45, 2.75) is 13.8 Å². The molecule has 3 rings (SSSR count). The van der Waals surface area contributed by atoms with E-state index in [2.05, 4.69) is 20.4 Å². The van der Waals surface area contributed by atoms with Gasteiger partial charge in [-0.05, 0) is 26.0 Å². The van der Waals surface area contributed by atoms with Crippen LogP contribution < -0.4 is 15.4 Å². The molecule has 0 spiro atoms. The first kappa shape index (κ1) is 18.5. The summed E-state index contributed by atoms with van der Waals surface area (Å²) in [6, 6.07) is 3.09. The molecule has 0 saturated carbocycles. The highest BCUT2D eigenvalue weighted by atomic mass is 32.1. The van der Waals surface area contributed by atoms with Crippen LogP contribution in [-0.2, 0) is 4.74 Å². The minimum absolute atomic E-state index is 0.120. The Morgan fingerprint density at radius 2 is 1.96 bits per heavy atom. The summed E-state index contributed by atoms with van der Waals surface area (Å²) in [7, 11) is 0. The zero-order valence-electron chi connectivity index (χ0n) is 14.3. The van der Waals surface area contributed by atoms with Gasteiger partial charge in [0.05, 0.1) is 40.3 Å². The predicted molar refractivity (Wildman–Crippen MR) is 98.2 cm³/mol. The van der Waals surface area contributed by atoms with Crippen molar-refractivity contribution in [1.82, 2.24) is 10.4 Å². The molecule has 0 aromatic carbocycles. The normalized spacial score (nSPS) is 15.2. The van der Waals surface area contributed by atoms with E-state index in [1.807, 2.05) is 0 Å². The Hall–Kier alpha value is -2.30. The average molecular weight is 393 g/mol. The topological polar surface area (TPSA) is 107 Å². The molecule has 26 heavy (non-hydrogen) atoms. The van der Waals surface area contributed by atoms with Crippen molar-refractivity contribution in [3.63, 3.8) is 0 Å². The van der Waals surface area contributed by atoms with E-state index in [9.17, 15) is 14.7 Å². The van der Waals surface area contributed by atoms with E-state index in [4.69, 9.17) is 4.74 Å². The van der Waals surface area contributed by atoms with E-state index in [1.165, 1.54) is 17.4 Å². The fraction of sp³-hybridized carbons (Fsp3) is 0.375. The number of morpholine rings is 1. The number of aromatic carboxylic acids is 1. The molecule has 1 saturated heterocycles. The van der Waals surface area contributed by atoms with Crippen molar-refractivity contribution in [3.8, 4) is 0 Å². The molecule has 2 aromatic rings. The summed E-state index contributed by atoms with van der Waals surface area (Å²) in [5.41, 5.74) is 3.68. The number of anilines is 1. The number of carbonyl (C=O) groups is 2. The quantitative estimate of drug-likeness (QED) is 0.597. The second-order valence-corrected chi connectivity index (χ2v) is 7.66. The third-order valence-electron chi connectivity index (χ3n) is 3.76. The van der Waals surface area contributed by atoms with Crippen molar-refractivity contribution >= 4 is 45.4 Å². The Bertz CT molecular complexity index is 852. The van der Waals surface area contributed by atoms with Gasteiger partial charge in [-0.2, -0.15) is 5.10 Å². The molecule has 0 atom stereocenters. The molecule has 138 valence electrons. The molecule has 0 radical (unpaired) electrons. The van der Waals surface area contributed by atoms with Crippen LogP contribution in [0.3, 0.4) is 0 Å². The molecule has 2 aromatic heterocycles. The molecule has 1 aliphatic heterocycles. The molecule has 1 fully saturated rings. The summed E-state index contributed by atoms with van der Waals surface area (Å²) in [6.07, 6.45) is 0. The van der Waals surface area contributed by atoms with Crippen LogP contribution in [0.4, 0.5) is 5.13 Å². The van der Waals surface area contributed by atoms with E-state index in [0.29, 0.717) is 34.4 Å². The molecule has 0 bridgehead atoms. The Morgan fingerprint density at radius 3 is 2.62 bits per heavy atom. The summed E-state index contributed by atoms with van der Waals surface area (Å²) >= 11 is 2.37. The highest BCUT2D eigenvalue weighted by molar-refractivity contribution is 7.17. The molecule has 0 aliphatic carbocycles. The number of hydrogen-bond donors (Lipinski definition) is 1. The minimum atomic E-state index is -1.23. The number of carboxylic acids is 1. The van der Waals surface area contributed by atoms with Gasteiger partial charge in [0.25, 0.3) is 5.91 Å². The third kappa shape index (κ3) is 4.09. The molecule has 3 heterocycles. The highest BCUT2D eigenvalue weighted by Crippen LogP contribution is 2.26. The number of carboxylic acid groups (broad SMARTS) is 1. The van der Waals surface area contributed by atoms with Gasteiger partial charge in [-0.1, -0.05) is 11.3 Å². The van der Waals surface area contributed by atoms with Gasteiger partial charge >= 0.3 is 0 Å². The fourth-order valence-electron chi connectivity index (χ4n) is 2.37. The van der Waals surface area contributed by atoms with Crippen molar-refractivity contribution in [2.75, 3.05) is 31.2 Å². The van der Waals surface area contributed by atoms with E-state index in [-0.39, 0.29) is 10.8 Å². The Morgan fingerprint density at radius 1 is 1.27 bits per heavy atom. The number of aryl methyl sites for hydroxylation is 1. The number of aromatic nitrogens is 1. The van der Waals surface area contributed by atoms with Gasteiger partial charge < -0.3 is 19.5 Å². The number of nitrogens with one attached hydrogen (secondary N) is 1. The maximum atomic E-state index is 12.4. The number of nitrogens with zero attached hydrogens (tertiary/aromatic N) is 3. The van der Waals surface area contributed by atoms with E-state index in [1.54, 1.807) is 19.9 Å². The summed E-state index contributed by atoms with van der Waals surface area (Å²) in [5, 5.41) is 15.7. The van der Waals surface area contributed by atoms with Gasteiger partial charge in [-0.15, -0.1) is 11.3 Å². The standard InChI is InChI=1S/C16H18N4O4S2/c1-9(11-3-4-12(25-11)15(22)23)18-19-14(21)13-10(2)17-16(26-13)20-5-7-24-8-6-20/h3-4H,5-8H2,1-2H3,(H,19,21)(H,22,23)/p-1/b18-9-. The first-order chi connectivity index (χ1) is 12.5. The van der Waals surface area contributed by atoms with Crippen LogP contribution in [0.15, 0.2) is 17.2 Å². The van der Waals surface area contributed by atoms with Crippen LogP contribution in [0.5, 0.6) is 0 Å². The largest absolute Gasteiger partial charge is 0.544 e. The lowest BCUT2D eigenvalue weighted by Crippen LogP contribution is -2.36. The number of thiophene rings is 1. The van der Waals surface area contributed by atoms with Crippen LogP contribution in [-0.4, -0.2) is 48.9 Å². The minimum Gasteiger partial charge on any atom is -0.544 e. The van der Waals surface area contributed by atoms with Crippen LogP contribution in [0, 0.1) is 6.92 Å². The first-order valence-electron chi connectivity index (χ1n) is 7.92. The maximum Gasteiger partial charge on any atom is 0.283 e. The number of amides is 1. The van der Waals surface area contributed by atoms with Crippen molar-refractivity contribution < 1.29 is 19.4 Å². The van der Waals surface area contributed by atoms with Crippen LogP contribution in [0.1, 0.15) is 36.8 Å². The third-order valence-corrected chi connectivity index (χ3v) is 6.15. The molecule has 10 heteroatoms. The van der Waals surface area contributed by atoms with E-state index < -0.39 is 5.97 Å². The van der Waals surface area contributed by atoms with Gasteiger partial charge in [0.15, 0.2) is 5.13 Å². The van der Waals surface area contributed by atoms with Crippen molar-refractivity contribution in [3.05, 3.63) is 32.5 Å². The van der Waals surface area contributed by atoms with Gasteiger partial charge in [-0.3, -0.25) is 4.79 Å². The summed E-state index contributed by atoms with van der Waals surface area (Å²) in [6.45, 7) is 6.30. The fourth-order valence-corrected chi connectivity index (χ4v) is 4.16. The number of ether oxygens (including phenoxy) is 1. The lowest BCUT2D eigenvalue weighted by atomic mass is 10.3. The number of rotatable bonds is 5. The van der Waals surface area contributed by atoms with Crippen LogP contribution in [0.2, 0.25) is 0 Å². The monoisotopic (exact) mass is 393 g/mol. The van der Waals surface area contributed by atoms with Crippen molar-refractivity contribution in [1.29, 1.82) is 0 Å². The SMILES string of the molecule is C/C(=N/NC(=O)c1sc(N2CCOCC2)nc1C)c1ccc(C(=O)[O-])s1. The maximum absolute atomic E-state index is 12.4. The number of carbonyl (C=O) groups excluding carboxylic acids is 2. The molecule has 1 amide bonds. The highest BCUT2D eigenvalue weighted by Gasteiger charge is 2.20. The second-order valence-electron chi connectivity index (χ2n) is 5.60. The molecule has 0 unspecified atom stereocenters.